The number of carbonyl (C=O) groups excluding carboxylic acids is 2. The van der Waals surface area contributed by atoms with Crippen molar-refractivity contribution in [1.82, 2.24) is 15.3 Å². The number of amides is 1. The van der Waals surface area contributed by atoms with E-state index in [0.717, 1.165) is 17.8 Å². The van der Waals surface area contributed by atoms with E-state index in [9.17, 15) is 14.4 Å². The fourth-order valence-electron chi connectivity index (χ4n) is 2.14. The molecule has 0 aliphatic rings. The maximum Gasteiger partial charge on any atom is 0.349 e. The zero-order valence-corrected chi connectivity index (χ0v) is 15.2. The molecule has 24 heavy (non-hydrogen) atoms. The summed E-state index contributed by atoms with van der Waals surface area (Å²) in [5, 5.41) is 3.17. The zero-order valence-electron chi connectivity index (χ0n) is 14.4. The van der Waals surface area contributed by atoms with Crippen molar-refractivity contribution in [1.29, 1.82) is 0 Å². The molecular weight excluding hydrogens is 330 g/mol. The van der Waals surface area contributed by atoms with Gasteiger partial charge in [0, 0.05) is 5.54 Å². The van der Waals surface area contributed by atoms with Crippen LogP contribution >= 0.6 is 11.3 Å². The molecule has 0 unspecified atom stereocenters. The Hall–Kier alpha value is -2.22. The monoisotopic (exact) mass is 351 g/mol. The van der Waals surface area contributed by atoms with Crippen LogP contribution in [0.15, 0.2) is 4.79 Å². The first-order valence-corrected chi connectivity index (χ1v) is 8.44. The largest absolute Gasteiger partial charge is 0.451 e. The predicted molar refractivity (Wildman–Crippen MR) is 92.5 cm³/mol. The molecule has 7 nitrogen and oxygen atoms in total. The van der Waals surface area contributed by atoms with Gasteiger partial charge in [0.2, 0.25) is 0 Å². The molecule has 0 spiro atoms. The summed E-state index contributed by atoms with van der Waals surface area (Å²) in [6, 6.07) is 0. The first-order valence-electron chi connectivity index (χ1n) is 7.62. The maximum absolute atomic E-state index is 12.2. The van der Waals surface area contributed by atoms with Crippen molar-refractivity contribution < 1.29 is 14.3 Å². The first-order chi connectivity index (χ1) is 11.1. The molecule has 0 aliphatic heterocycles. The molecule has 2 rings (SSSR count). The second-order valence-electron chi connectivity index (χ2n) is 6.25. The van der Waals surface area contributed by atoms with Crippen molar-refractivity contribution in [3.63, 3.8) is 0 Å². The number of ether oxygens (including phenoxy) is 1. The number of aromatic nitrogens is 2. The van der Waals surface area contributed by atoms with E-state index in [0.29, 0.717) is 21.6 Å². The molecule has 0 aromatic carbocycles. The standard InChI is InChI=1S/C16H21N3O4S/c1-6-16(4,5)19-10(20)7-23-15(22)12-8(2)11-13(21)17-9(3)18-14(11)24-12/h6-7H2,1-5H3,(H,19,20)(H,17,18,21). The number of esters is 1. The number of fused-ring (bicyclic) bond motifs is 1. The molecule has 2 N–H and O–H groups in total. The molecule has 0 radical (unpaired) electrons. The Morgan fingerprint density at radius 2 is 2.00 bits per heavy atom. The van der Waals surface area contributed by atoms with Gasteiger partial charge in [-0.3, -0.25) is 9.59 Å². The number of aryl methyl sites for hydroxylation is 2. The molecule has 130 valence electrons. The average Bonchev–Trinajstić information content (AvgIpc) is 2.81. The van der Waals surface area contributed by atoms with Crippen molar-refractivity contribution in [3.8, 4) is 0 Å². The SMILES string of the molecule is CCC(C)(C)NC(=O)COC(=O)c1sc2nc(C)[nH]c(=O)c2c1C. The lowest BCUT2D eigenvalue weighted by Crippen LogP contribution is -2.44. The minimum absolute atomic E-state index is 0.285. The minimum Gasteiger partial charge on any atom is -0.451 e. The number of nitrogens with one attached hydrogen (secondary N) is 2. The highest BCUT2D eigenvalue weighted by Crippen LogP contribution is 2.27. The summed E-state index contributed by atoms with van der Waals surface area (Å²) in [7, 11) is 0. The predicted octanol–water partition coefficient (Wildman–Crippen LogP) is 2.06. The van der Waals surface area contributed by atoms with Crippen LogP contribution in [0.3, 0.4) is 0 Å². The minimum atomic E-state index is -0.628. The molecule has 0 saturated heterocycles. The molecule has 0 saturated carbocycles. The van der Waals surface area contributed by atoms with Crippen LogP contribution in [0.4, 0.5) is 0 Å². The molecule has 1 amide bonds. The van der Waals surface area contributed by atoms with Gasteiger partial charge in [0.25, 0.3) is 11.5 Å². The summed E-state index contributed by atoms with van der Waals surface area (Å²) in [5.41, 5.74) is -0.123. The van der Waals surface area contributed by atoms with Gasteiger partial charge in [-0.1, -0.05) is 6.92 Å². The van der Waals surface area contributed by atoms with Crippen LogP contribution in [-0.4, -0.2) is 34.0 Å². The van der Waals surface area contributed by atoms with Crippen LogP contribution in [0.1, 0.15) is 48.3 Å². The fourth-order valence-corrected chi connectivity index (χ4v) is 3.27. The number of nitrogens with zero attached hydrogens (tertiary/aromatic N) is 1. The molecule has 0 bridgehead atoms. The average molecular weight is 351 g/mol. The number of thiophene rings is 1. The van der Waals surface area contributed by atoms with Crippen molar-refractivity contribution in [2.75, 3.05) is 6.61 Å². The van der Waals surface area contributed by atoms with E-state index in [1.807, 2.05) is 20.8 Å². The van der Waals surface area contributed by atoms with Crippen LogP contribution < -0.4 is 10.9 Å². The van der Waals surface area contributed by atoms with Crippen LogP contribution in [0.25, 0.3) is 10.2 Å². The van der Waals surface area contributed by atoms with Gasteiger partial charge in [-0.05, 0) is 39.7 Å². The Morgan fingerprint density at radius 3 is 2.62 bits per heavy atom. The maximum atomic E-state index is 12.2. The summed E-state index contributed by atoms with van der Waals surface area (Å²) in [6.07, 6.45) is 0.760. The third-order valence-electron chi connectivity index (χ3n) is 3.80. The summed E-state index contributed by atoms with van der Waals surface area (Å²) in [5.74, 6) is -0.507. The van der Waals surface area contributed by atoms with Crippen LogP contribution in [0, 0.1) is 13.8 Å². The lowest BCUT2D eigenvalue weighted by atomic mass is 10.0. The van der Waals surface area contributed by atoms with Gasteiger partial charge in [-0.2, -0.15) is 0 Å². The number of hydrogen-bond donors (Lipinski definition) is 2. The van der Waals surface area contributed by atoms with E-state index < -0.39 is 5.97 Å². The van der Waals surface area contributed by atoms with E-state index in [-0.39, 0.29) is 28.5 Å². The Labute approximate surface area is 143 Å². The number of aromatic amines is 1. The molecule has 2 aromatic rings. The van der Waals surface area contributed by atoms with Gasteiger partial charge >= 0.3 is 5.97 Å². The van der Waals surface area contributed by atoms with Gasteiger partial charge in [-0.25, -0.2) is 9.78 Å². The Morgan fingerprint density at radius 1 is 1.33 bits per heavy atom. The lowest BCUT2D eigenvalue weighted by Gasteiger charge is -2.24. The van der Waals surface area contributed by atoms with E-state index in [2.05, 4.69) is 15.3 Å². The van der Waals surface area contributed by atoms with Gasteiger partial charge < -0.3 is 15.0 Å². The molecule has 2 aromatic heterocycles. The molecule has 2 heterocycles. The molecular formula is C16H21N3O4S. The van der Waals surface area contributed by atoms with Gasteiger partial charge in [0.05, 0.1) is 5.39 Å². The highest BCUT2D eigenvalue weighted by molar-refractivity contribution is 7.20. The highest BCUT2D eigenvalue weighted by Gasteiger charge is 2.22. The van der Waals surface area contributed by atoms with Crippen molar-refractivity contribution in [2.24, 2.45) is 0 Å². The van der Waals surface area contributed by atoms with Crippen molar-refractivity contribution >= 4 is 33.4 Å². The molecule has 8 heteroatoms. The van der Waals surface area contributed by atoms with Gasteiger partial charge in [-0.15, -0.1) is 11.3 Å². The number of rotatable bonds is 5. The fraction of sp³-hybridized carbons (Fsp3) is 0.500. The number of carbonyl (C=O) groups is 2. The Bertz CT molecular complexity index is 851. The first kappa shape index (κ1) is 18.1. The third-order valence-corrected chi connectivity index (χ3v) is 4.97. The van der Waals surface area contributed by atoms with Crippen molar-refractivity contribution in [2.45, 2.75) is 46.6 Å². The molecule has 0 fully saturated rings. The highest BCUT2D eigenvalue weighted by atomic mass is 32.1. The smallest absolute Gasteiger partial charge is 0.349 e. The number of H-pyrrole nitrogens is 1. The Kier molecular flexibility index (Phi) is 5.08. The quantitative estimate of drug-likeness (QED) is 0.803. The van der Waals surface area contributed by atoms with Crippen LogP contribution in [0.2, 0.25) is 0 Å². The molecule has 0 aliphatic carbocycles. The summed E-state index contributed by atoms with van der Waals surface area (Å²) in [6.45, 7) is 8.72. The third kappa shape index (κ3) is 3.81. The summed E-state index contributed by atoms with van der Waals surface area (Å²) >= 11 is 1.09. The van der Waals surface area contributed by atoms with Crippen LogP contribution in [-0.2, 0) is 9.53 Å². The normalized spacial score (nSPS) is 11.5. The summed E-state index contributed by atoms with van der Waals surface area (Å²) in [4.78, 5) is 43.7. The van der Waals surface area contributed by atoms with E-state index in [1.54, 1.807) is 13.8 Å². The topological polar surface area (TPSA) is 101 Å². The van der Waals surface area contributed by atoms with E-state index in [1.165, 1.54) is 0 Å². The van der Waals surface area contributed by atoms with Gasteiger partial charge in [0.15, 0.2) is 6.61 Å². The second kappa shape index (κ2) is 6.72. The van der Waals surface area contributed by atoms with E-state index in [4.69, 9.17) is 4.74 Å². The zero-order chi connectivity index (χ0) is 18.1. The number of hydrogen-bond acceptors (Lipinski definition) is 6. The van der Waals surface area contributed by atoms with Gasteiger partial charge in [0.1, 0.15) is 15.5 Å². The van der Waals surface area contributed by atoms with E-state index >= 15 is 0 Å². The molecule has 0 atom stereocenters. The Balaban J connectivity index is 2.15. The second-order valence-corrected chi connectivity index (χ2v) is 7.25. The van der Waals surface area contributed by atoms with Crippen LogP contribution in [0.5, 0.6) is 0 Å². The summed E-state index contributed by atoms with van der Waals surface area (Å²) < 4.78 is 5.08. The van der Waals surface area contributed by atoms with Crippen molar-refractivity contribution in [3.05, 3.63) is 26.6 Å². The lowest BCUT2D eigenvalue weighted by molar-refractivity contribution is -0.125.